The Bertz CT molecular complexity index is 1910. The van der Waals surface area contributed by atoms with Gasteiger partial charge in [-0.1, -0.05) is 65.8 Å². The molecule has 0 bridgehead atoms. The second kappa shape index (κ2) is 15.3. The van der Waals surface area contributed by atoms with Gasteiger partial charge >= 0.3 is 11.9 Å². The summed E-state index contributed by atoms with van der Waals surface area (Å²) in [6, 6.07) is 18.9. The molecule has 2 amide bonds. The first-order valence-corrected chi connectivity index (χ1v) is 17.0. The first-order chi connectivity index (χ1) is 24.3. The third kappa shape index (κ3) is 7.32. The minimum Gasteiger partial charge on any atom is -0.471 e. The summed E-state index contributed by atoms with van der Waals surface area (Å²) in [4.78, 5) is 63.2. The first-order valence-electron chi connectivity index (χ1n) is 15.0. The molecular weight excluding hydrogens is 689 g/mol. The lowest BCUT2D eigenvalue weighted by Gasteiger charge is -2.49. The van der Waals surface area contributed by atoms with Gasteiger partial charge in [-0.25, -0.2) is 9.78 Å². The number of thioether (sulfide) groups is 1. The van der Waals surface area contributed by atoms with Crippen LogP contribution in [0.5, 0.6) is 5.88 Å². The van der Waals surface area contributed by atoms with E-state index in [0.29, 0.717) is 5.57 Å². The number of fused-ring (bicyclic) bond motifs is 1. The van der Waals surface area contributed by atoms with Gasteiger partial charge in [-0.3, -0.25) is 19.3 Å². The number of ether oxygens (including phenoxy) is 3. The molecule has 4 heterocycles. The Morgan fingerprint density at radius 3 is 2.42 bits per heavy atom. The van der Waals surface area contributed by atoms with E-state index in [1.54, 1.807) is 5.38 Å². The van der Waals surface area contributed by atoms with Crippen molar-refractivity contribution >= 4 is 57.7 Å². The smallest absolute Gasteiger partial charge is 0.356 e. The van der Waals surface area contributed by atoms with E-state index >= 15 is 0 Å². The van der Waals surface area contributed by atoms with Crippen molar-refractivity contribution < 1.29 is 42.7 Å². The molecule has 50 heavy (non-hydrogen) atoms. The van der Waals surface area contributed by atoms with Crippen LogP contribution in [-0.4, -0.2) is 82.5 Å². The molecular formula is C33H30N6O9S2. The number of hydrogen-bond acceptors (Lipinski definition) is 15. The molecule has 17 heteroatoms. The van der Waals surface area contributed by atoms with Gasteiger partial charge in [-0.2, -0.15) is 0 Å². The van der Waals surface area contributed by atoms with Crippen LogP contribution >= 0.6 is 23.1 Å². The highest BCUT2D eigenvalue weighted by molar-refractivity contribution is 8.00. The molecule has 258 valence electrons. The number of β-lactam (4-membered cyclic amide) rings is 1. The quantitative estimate of drug-likeness (QED) is 0.0887. The molecule has 0 saturated carbocycles. The summed E-state index contributed by atoms with van der Waals surface area (Å²) in [5.74, 6) is -2.02. The van der Waals surface area contributed by atoms with Crippen molar-refractivity contribution in [2.24, 2.45) is 5.16 Å². The maximum Gasteiger partial charge on any atom is 0.356 e. The Morgan fingerprint density at radius 1 is 1.10 bits per heavy atom. The average molecular weight is 719 g/mol. The highest BCUT2D eigenvalue weighted by Crippen LogP contribution is 2.42. The number of nitrogens with zero attached hydrogens (tertiary/aromatic N) is 4. The Labute approximate surface area is 293 Å². The van der Waals surface area contributed by atoms with Crippen molar-refractivity contribution in [1.29, 1.82) is 0 Å². The fraction of sp³-hybridized carbons (Fsp3) is 0.242. The molecule has 0 spiro atoms. The summed E-state index contributed by atoms with van der Waals surface area (Å²) >= 11 is 2.44. The molecule has 1 saturated heterocycles. The molecule has 1 unspecified atom stereocenters. The largest absolute Gasteiger partial charge is 0.471 e. The van der Waals surface area contributed by atoms with Crippen LogP contribution in [0.25, 0.3) is 0 Å². The van der Waals surface area contributed by atoms with Crippen LogP contribution in [0.4, 0.5) is 5.13 Å². The zero-order chi connectivity index (χ0) is 35.2. The summed E-state index contributed by atoms with van der Waals surface area (Å²) in [6.45, 7) is -0.160. The van der Waals surface area contributed by atoms with Crippen LogP contribution < -0.4 is 15.8 Å². The zero-order valence-electron chi connectivity index (χ0n) is 26.6. The third-order valence-corrected chi connectivity index (χ3v) is 9.61. The summed E-state index contributed by atoms with van der Waals surface area (Å²) in [6.07, 6.45) is -0.943. The average Bonchev–Trinajstić information content (AvgIpc) is 3.79. The Morgan fingerprint density at radius 2 is 1.80 bits per heavy atom. The minimum absolute atomic E-state index is 0.0163. The van der Waals surface area contributed by atoms with Gasteiger partial charge in [0.1, 0.15) is 42.9 Å². The molecule has 2 aliphatic rings. The van der Waals surface area contributed by atoms with Gasteiger partial charge in [0.25, 0.3) is 17.7 Å². The Balaban J connectivity index is 1.27. The van der Waals surface area contributed by atoms with E-state index in [1.165, 1.54) is 36.9 Å². The van der Waals surface area contributed by atoms with Crippen LogP contribution in [-0.2, 0) is 39.9 Å². The minimum atomic E-state index is -1.01. The van der Waals surface area contributed by atoms with E-state index in [1.807, 2.05) is 60.7 Å². The fourth-order valence-corrected chi connectivity index (χ4v) is 7.13. The van der Waals surface area contributed by atoms with E-state index in [2.05, 4.69) is 25.4 Å². The first kappa shape index (κ1) is 34.2. The number of carbonyl (C=O) groups excluding carboxylic acids is 4. The SMILES string of the molecule is CO/N=C(\C(=O)NC1C(=O)N2C(C(=O)OC(c3ccccc3)c3ccccc3)=C(COc3cc(CC(=O)OC)on3)CS[C@H]12)c1csc(N)n1. The van der Waals surface area contributed by atoms with Crippen molar-refractivity contribution in [3.8, 4) is 5.88 Å². The molecule has 3 N–H and O–H groups in total. The number of methoxy groups -OCH3 is 1. The topological polar surface area (TPSA) is 198 Å². The van der Waals surface area contributed by atoms with Gasteiger partial charge in [0.2, 0.25) is 0 Å². The highest BCUT2D eigenvalue weighted by Gasteiger charge is 2.55. The molecule has 2 atom stereocenters. The van der Waals surface area contributed by atoms with Gasteiger partial charge in [0, 0.05) is 22.8 Å². The second-order valence-corrected chi connectivity index (χ2v) is 12.8. The normalized spacial score (nSPS) is 17.1. The van der Waals surface area contributed by atoms with Crippen LogP contribution in [0.15, 0.2) is 93.1 Å². The summed E-state index contributed by atoms with van der Waals surface area (Å²) in [7, 11) is 2.54. The van der Waals surface area contributed by atoms with Gasteiger partial charge in [0.05, 0.1) is 7.11 Å². The van der Waals surface area contributed by atoms with E-state index in [-0.39, 0.29) is 52.7 Å². The van der Waals surface area contributed by atoms with Crippen molar-refractivity contribution in [1.82, 2.24) is 20.4 Å². The van der Waals surface area contributed by atoms with Gasteiger partial charge in [0.15, 0.2) is 22.7 Å². The van der Waals surface area contributed by atoms with Crippen molar-refractivity contribution in [2.75, 3.05) is 32.3 Å². The molecule has 2 aromatic carbocycles. The summed E-state index contributed by atoms with van der Waals surface area (Å²) in [5.41, 5.74) is 7.63. The Hall–Kier alpha value is -5.68. The molecule has 2 aliphatic heterocycles. The molecule has 15 nitrogen and oxygen atoms in total. The van der Waals surface area contributed by atoms with Crippen LogP contribution in [0.1, 0.15) is 28.7 Å². The number of carbonyl (C=O) groups is 4. The standard InChI is InChI=1S/C33H30N6O9S2/c1-44-24(40)14-21-13-23(37-48-21)46-15-20-16-49-31-26(36-29(41)25(38-45-2)22-17-50-33(34)35-22)30(42)39(31)27(20)32(43)47-28(18-9-5-3-6-10-18)19-11-7-4-8-12-19/h3-13,17,26,28,31H,14-16H2,1-2H3,(H2,34,35)(H,36,41)/b38-25-/t26?,31-/m1/s1. The van der Waals surface area contributed by atoms with Crippen molar-refractivity contribution in [3.63, 3.8) is 0 Å². The number of aromatic nitrogens is 2. The van der Waals surface area contributed by atoms with Gasteiger partial charge in [-0.05, 0) is 16.3 Å². The summed E-state index contributed by atoms with van der Waals surface area (Å²) < 4.78 is 21.8. The van der Waals surface area contributed by atoms with Crippen LogP contribution in [0.2, 0.25) is 0 Å². The van der Waals surface area contributed by atoms with Crippen LogP contribution in [0.3, 0.4) is 0 Å². The number of nitrogens with two attached hydrogens (primary N) is 1. The van der Waals surface area contributed by atoms with Gasteiger partial charge < -0.3 is 34.6 Å². The molecule has 6 rings (SSSR count). The van der Waals surface area contributed by atoms with E-state index in [4.69, 9.17) is 24.6 Å². The lowest BCUT2D eigenvalue weighted by atomic mass is 10.0. The van der Waals surface area contributed by atoms with Crippen molar-refractivity contribution in [2.45, 2.75) is 23.9 Å². The molecule has 2 aromatic heterocycles. The van der Waals surface area contributed by atoms with E-state index < -0.39 is 41.3 Å². The highest BCUT2D eigenvalue weighted by atomic mass is 32.2. The number of benzene rings is 2. The fourth-order valence-electron chi connectivity index (χ4n) is 5.25. The third-order valence-electron chi connectivity index (χ3n) is 7.60. The number of anilines is 1. The number of nitrogen functional groups attached to an aromatic ring is 1. The molecule has 0 radical (unpaired) electrons. The van der Waals surface area contributed by atoms with E-state index in [9.17, 15) is 19.2 Å². The number of nitrogens with one attached hydrogen (secondary N) is 1. The number of hydrogen-bond donors (Lipinski definition) is 2. The van der Waals surface area contributed by atoms with Crippen LogP contribution in [0, 0.1) is 0 Å². The Kier molecular flexibility index (Phi) is 10.4. The maximum atomic E-state index is 14.2. The predicted molar refractivity (Wildman–Crippen MR) is 181 cm³/mol. The second-order valence-electron chi connectivity index (χ2n) is 10.8. The number of amides is 2. The molecule has 4 aromatic rings. The number of rotatable bonds is 13. The van der Waals surface area contributed by atoms with E-state index in [0.717, 1.165) is 22.5 Å². The van der Waals surface area contributed by atoms with Gasteiger partial charge in [-0.15, -0.1) is 23.1 Å². The summed E-state index contributed by atoms with van der Waals surface area (Å²) in [5, 5.41) is 11.4. The number of thiazole rings is 1. The maximum absolute atomic E-state index is 14.2. The number of oxime groups is 1. The predicted octanol–water partition coefficient (Wildman–Crippen LogP) is 2.85. The molecule has 1 fully saturated rings. The monoisotopic (exact) mass is 718 g/mol. The lowest BCUT2D eigenvalue weighted by Crippen LogP contribution is -2.71. The molecule has 0 aliphatic carbocycles. The van der Waals surface area contributed by atoms with Crippen molar-refractivity contribution in [3.05, 3.63) is 106 Å². The number of esters is 2. The lowest BCUT2D eigenvalue weighted by molar-refractivity contribution is -0.154. The zero-order valence-corrected chi connectivity index (χ0v) is 28.3.